The van der Waals surface area contributed by atoms with Crippen LogP contribution < -0.4 is 5.32 Å². The van der Waals surface area contributed by atoms with Crippen LogP contribution >= 0.6 is 0 Å². The van der Waals surface area contributed by atoms with Gasteiger partial charge in [0.05, 0.1) is 31.8 Å². The van der Waals surface area contributed by atoms with Gasteiger partial charge in [-0.2, -0.15) is 0 Å². The highest BCUT2D eigenvalue weighted by atomic mass is 16.7. The van der Waals surface area contributed by atoms with Crippen molar-refractivity contribution in [3.63, 3.8) is 0 Å². The largest absolute Gasteiger partial charge is 0.445 e. The molecule has 0 aliphatic carbocycles. The number of hydrogen-bond donors (Lipinski definition) is 2. The van der Waals surface area contributed by atoms with Gasteiger partial charge in [-0.15, -0.1) is 0 Å². The Bertz CT molecular complexity index is 2490. The van der Waals surface area contributed by atoms with Gasteiger partial charge in [-0.25, -0.2) is 4.79 Å². The van der Waals surface area contributed by atoms with E-state index in [-0.39, 0.29) is 56.3 Å². The maximum Gasteiger partial charge on any atom is 0.408 e. The molecule has 0 radical (unpaired) electrons. The Labute approximate surface area is 356 Å². The number of nitrogens with zero attached hydrogens (tertiary/aromatic N) is 2. The van der Waals surface area contributed by atoms with E-state index in [1.54, 1.807) is 0 Å². The lowest BCUT2D eigenvalue weighted by Gasteiger charge is -2.43. The van der Waals surface area contributed by atoms with Crippen LogP contribution in [0.15, 0.2) is 146 Å². The van der Waals surface area contributed by atoms with Crippen molar-refractivity contribution in [3.8, 4) is 11.1 Å². The maximum atomic E-state index is 13.3. The molecule has 2 heterocycles. The highest BCUT2D eigenvalue weighted by molar-refractivity contribution is 6.06. The van der Waals surface area contributed by atoms with E-state index in [1.807, 2.05) is 97.1 Å². The summed E-state index contributed by atoms with van der Waals surface area (Å²) in [4.78, 5) is 42.4. The third-order valence-corrected chi connectivity index (χ3v) is 12.0. The molecule has 2 aliphatic heterocycles. The zero-order valence-corrected chi connectivity index (χ0v) is 34.6. The Hall–Kier alpha value is -6.17. The van der Waals surface area contributed by atoms with E-state index >= 15 is 0 Å². The molecule has 2 aliphatic rings. The summed E-state index contributed by atoms with van der Waals surface area (Å²) >= 11 is 0. The Balaban J connectivity index is 0.978. The number of amides is 3. The zero-order valence-electron chi connectivity index (χ0n) is 34.6. The number of likely N-dealkylation sites (tertiary alicyclic amines) is 1. The Morgan fingerprint density at radius 1 is 0.787 bits per heavy atom. The smallest absolute Gasteiger partial charge is 0.408 e. The van der Waals surface area contributed by atoms with Gasteiger partial charge >= 0.3 is 6.09 Å². The molecular formula is C51H51N3O7. The minimum atomic E-state index is -0.990. The first-order valence-electron chi connectivity index (χ1n) is 20.8. The van der Waals surface area contributed by atoms with Crippen molar-refractivity contribution in [1.29, 1.82) is 0 Å². The van der Waals surface area contributed by atoms with Crippen molar-refractivity contribution in [3.05, 3.63) is 179 Å². The second-order valence-corrected chi connectivity index (χ2v) is 16.2. The first kappa shape index (κ1) is 41.6. The zero-order chi connectivity index (χ0) is 42.5. The number of fused-ring (bicyclic) bond motifs is 1. The van der Waals surface area contributed by atoms with E-state index in [4.69, 9.17) is 14.2 Å². The van der Waals surface area contributed by atoms with Crippen LogP contribution in [0.1, 0.15) is 72.1 Å². The van der Waals surface area contributed by atoms with Gasteiger partial charge in [0.2, 0.25) is 5.91 Å². The number of aliphatic hydroxyl groups is 1. The third-order valence-electron chi connectivity index (χ3n) is 12.0. The molecule has 6 atom stereocenters. The standard InChI is InChI=1S/C51H51N3O7/c1-33-46(30-53(3)34(2)40-24-23-38-14-7-8-15-42(38)26-40)60-50(61-48(33)39-21-19-35(31-55)20-22-39)44-18-10-17-43(27-44)41-16-9-13-37(25-41)29-54-47(56)28-45(49(54)57)52-51(58)59-32-36-11-5-4-6-12-36/h4-27,33-34,45-46,48,50,55H,28-32H2,1-3H3,(H,52,58)/t33-,34+,45?,46+,48+,50+/m0/s1. The molecule has 3 amide bonds. The van der Waals surface area contributed by atoms with Gasteiger partial charge in [0.15, 0.2) is 6.29 Å². The number of hydrogen-bond acceptors (Lipinski definition) is 8. The van der Waals surface area contributed by atoms with Gasteiger partial charge in [-0.3, -0.25) is 19.4 Å². The number of nitrogens with one attached hydrogen (secondary N) is 1. The number of aliphatic hydroxyl groups excluding tert-OH is 1. The van der Waals surface area contributed by atoms with E-state index < -0.39 is 24.3 Å². The quantitative estimate of drug-likeness (QED) is 0.111. The second-order valence-electron chi connectivity index (χ2n) is 16.2. The summed E-state index contributed by atoms with van der Waals surface area (Å²) < 4.78 is 19.0. The van der Waals surface area contributed by atoms with Gasteiger partial charge in [-0.05, 0) is 81.9 Å². The van der Waals surface area contributed by atoms with Gasteiger partial charge in [0.25, 0.3) is 5.91 Å². The molecule has 6 aromatic rings. The Morgan fingerprint density at radius 2 is 1.49 bits per heavy atom. The number of ether oxygens (including phenoxy) is 3. The average molecular weight is 818 g/mol. The predicted molar refractivity (Wildman–Crippen MR) is 234 cm³/mol. The fourth-order valence-corrected chi connectivity index (χ4v) is 8.26. The molecule has 61 heavy (non-hydrogen) atoms. The first-order chi connectivity index (χ1) is 29.6. The normalized spacial score (nSPS) is 20.9. The minimum Gasteiger partial charge on any atom is -0.445 e. The molecule has 0 aromatic heterocycles. The van der Waals surface area contributed by atoms with E-state index in [0.29, 0.717) is 6.54 Å². The van der Waals surface area contributed by atoms with Crippen LogP contribution in [0.4, 0.5) is 4.79 Å². The molecule has 0 spiro atoms. The van der Waals surface area contributed by atoms with Crippen LogP contribution in [-0.4, -0.2) is 58.6 Å². The fourth-order valence-electron chi connectivity index (χ4n) is 8.26. The van der Waals surface area contributed by atoms with Crippen LogP contribution in [0.5, 0.6) is 0 Å². The van der Waals surface area contributed by atoms with E-state index in [2.05, 4.69) is 79.6 Å². The molecule has 0 bridgehead atoms. The highest BCUT2D eigenvalue weighted by Crippen LogP contribution is 2.43. The van der Waals surface area contributed by atoms with Gasteiger partial charge in [0, 0.05) is 24.1 Å². The number of likely N-dealkylation sites (N-methyl/N-ethyl adjacent to an activating group) is 1. The molecule has 2 N–H and O–H groups in total. The van der Waals surface area contributed by atoms with Crippen molar-refractivity contribution >= 4 is 28.7 Å². The summed E-state index contributed by atoms with van der Waals surface area (Å²) in [6.07, 6.45) is -2.00. The average Bonchev–Trinajstić information content (AvgIpc) is 3.55. The van der Waals surface area contributed by atoms with Crippen LogP contribution in [0.3, 0.4) is 0 Å². The van der Waals surface area contributed by atoms with Crippen molar-refractivity contribution in [2.24, 2.45) is 5.92 Å². The van der Waals surface area contributed by atoms with Crippen molar-refractivity contribution in [2.45, 2.75) is 70.6 Å². The lowest BCUT2D eigenvalue weighted by molar-refractivity contribution is -0.276. The number of alkyl carbamates (subject to hydrolysis) is 1. The maximum absolute atomic E-state index is 13.3. The van der Waals surface area contributed by atoms with E-state index in [0.717, 1.165) is 38.9 Å². The second kappa shape index (κ2) is 18.6. The minimum absolute atomic E-state index is 0.00749. The Kier molecular flexibility index (Phi) is 12.7. The van der Waals surface area contributed by atoms with E-state index in [1.165, 1.54) is 21.2 Å². The van der Waals surface area contributed by atoms with Crippen molar-refractivity contribution in [1.82, 2.24) is 15.1 Å². The van der Waals surface area contributed by atoms with E-state index in [9.17, 15) is 19.5 Å². The monoisotopic (exact) mass is 817 g/mol. The lowest BCUT2D eigenvalue weighted by atomic mass is 9.89. The molecule has 8 rings (SSSR count). The number of carbonyl (C=O) groups excluding carboxylic acids is 3. The topological polar surface area (TPSA) is 118 Å². The molecule has 2 saturated heterocycles. The summed E-state index contributed by atoms with van der Waals surface area (Å²) in [7, 11) is 2.14. The summed E-state index contributed by atoms with van der Waals surface area (Å²) in [6, 6.07) is 47.2. The molecule has 2 fully saturated rings. The molecule has 10 nitrogen and oxygen atoms in total. The summed E-state index contributed by atoms with van der Waals surface area (Å²) in [5.74, 6) is -0.825. The number of carbonyl (C=O) groups is 3. The molecule has 10 heteroatoms. The summed E-state index contributed by atoms with van der Waals surface area (Å²) in [5, 5.41) is 14.7. The highest BCUT2D eigenvalue weighted by Gasteiger charge is 2.41. The summed E-state index contributed by atoms with van der Waals surface area (Å²) in [6.45, 7) is 5.16. The first-order valence-corrected chi connectivity index (χ1v) is 20.8. The van der Waals surface area contributed by atoms with Gasteiger partial charge < -0.3 is 24.6 Å². The molecular weight excluding hydrogens is 767 g/mol. The lowest BCUT2D eigenvalue weighted by Crippen LogP contribution is -2.44. The van der Waals surface area contributed by atoms with Crippen LogP contribution in [-0.2, 0) is 43.6 Å². The number of benzene rings is 6. The van der Waals surface area contributed by atoms with Crippen LogP contribution in [0.25, 0.3) is 21.9 Å². The molecule has 312 valence electrons. The van der Waals surface area contributed by atoms with Gasteiger partial charge in [0.1, 0.15) is 12.6 Å². The number of imide groups is 1. The predicted octanol–water partition coefficient (Wildman–Crippen LogP) is 9.04. The summed E-state index contributed by atoms with van der Waals surface area (Å²) in [5.41, 5.74) is 7.36. The van der Waals surface area contributed by atoms with Crippen molar-refractivity contribution in [2.75, 3.05) is 13.6 Å². The van der Waals surface area contributed by atoms with Crippen LogP contribution in [0, 0.1) is 5.92 Å². The molecule has 6 aromatic carbocycles. The van der Waals surface area contributed by atoms with Gasteiger partial charge in [-0.1, -0.05) is 134 Å². The van der Waals surface area contributed by atoms with Crippen LogP contribution in [0.2, 0.25) is 0 Å². The Morgan fingerprint density at radius 3 is 2.26 bits per heavy atom. The van der Waals surface area contributed by atoms with Crippen molar-refractivity contribution < 1.29 is 33.7 Å². The SMILES string of the molecule is C[C@H]1[C@@H](CN(C)[C@H](C)c2ccc3ccccc3c2)O[C@@H](c2cccc(-c3cccc(CN4C(=O)CC(NC(=O)OCc5ccccc5)C4=O)c3)c2)O[C@H]1c1ccc(CO)cc1. The molecule has 1 unspecified atom stereocenters. The molecule has 0 saturated carbocycles. The fraction of sp³-hybridized carbons (Fsp3) is 0.275. The number of rotatable bonds is 13. The third kappa shape index (κ3) is 9.58.